The summed E-state index contributed by atoms with van der Waals surface area (Å²) in [6, 6.07) is 6.48. The Hall–Kier alpha value is -0.890. The normalized spacial score (nSPS) is 15.1. The van der Waals surface area contributed by atoms with Crippen LogP contribution in [0.25, 0.3) is 0 Å². The number of nitrogens with zero attached hydrogens (tertiary/aromatic N) is 1. The summed E-state index contributed by atoms with van der Waals surface area (Å²) in [5.74, 6) is 0.745. The van der Waals surface area contributed by atoms with Crippen molar-refractivity contribution in [3.63, 3.8) is 0 Å². The van der Waals surface area contributed by atoms with Crippen molar-refractivity contribution in [1.82, 2.24) is 10.3 Å². The summed E-state index contributed by atoms with van der Waals surface area (Å²) >= 11 is 0. The molecule has 78 valence electrons. The van der Waals surface area contributed by atoms with Gasteiger partial charge in [-0.25, -0.2) is 0 Å². The Labute approximate surface area is 86.8 Å². The summed E-state index contributed by atoms with van der Waals surface area (Å²) in [7, 11) is 2.00. The van der Waals surface area contributed by atoms with Gasteiger partial charge in [-0.05, 0) is 31.5 Å². The van der Waals surface area contributed by atoms with Crippen LogP contribution in [0.15, 0.2) is 24.4 Å². The van der Waals surface area contributed by atoms with E-state index in [9.17, 15) is 0 Å². The third-order valence-corrected chi connectivity index (χ3v) is 2.73. The zero-order valence-electron chi connectivity index (χ0n) is 9.33. The summed E-state index contributed by atoms with van der Waals surface area (Å²) in [4.78, 5) is 4.37. The van der Waals surface area contributed by atoms with Crippen LogP contribution in [0.1, 0.15) is 38.4 Å². The summed E-state index contributed by atoms with van der Waals surface area (Å²) in [6.45, 7) is 4.52. The van der Waals surface area contributed by atoms with Gasteiger partial charge in [0.2, 0.25) is 0 Å². The lowest BCUT2D eigenvalue weighted by atomic mass is 9.97. The maximum atomic E-state index is 4.37. The summed E-state index contributed by atoms with van der Waals surface area (Å²) < 4.78 is 0. The van der Waals surface area contributed by atoms with Crippen LogP contribution in [0.2, 0.25) is 0 Å². The molecule has 2 heteroatoms. The van der Waals surface area contributed by atoms with Gasteiger partial charge in [-0.15, -0.1) is 0 Å². The topological polar surface area (TPSA) is 24.9 Å². The van der Waals surface area contributed by atoms with Crippen molar-refractivity contribution in [2.45, 2.75) is 32.7 Å². The molecule has 0 aliphatic rings. The molecule has 0 saturated heterocycles. The second-order valence-electron chi connectivity index (χ2n) is 3.84. The van der Waals surface area contributed by atoms with Gasteiger partial charge in [-0.2, -0.15) is 0 Å². The van der Waals surface area contributed by atoms with E-state index in [1.807, 2.05) is 25.4 Å². The van der Waals surface area contributed by atoms with E-state index in [0.717, 1.165) is 18.0 Å². The van der Waals surface area contributed by atoms with E-state index in [-0.39, 0.29) is 0 Å². The lowest BCUT2D eigenvalue weighted by molar-refractivity contribution is 0.416. The molecule has 0 aromatic carbocycles. The van der Waals surface area contributed by atoms with E-state index in [2.05, 4.69) is 30.2 Å². The Balaban J connectivity index is 2.63. The number of hydrogen-bond acceptors (Lipinski definition) is 2. The fourth-order valence-corrected chi connectivity index (χ4v) is 1.54. The van der Waals surface area contributed by atoms with Crippen LogP contribution in [0.4, 0.5) is 0 Å². The van der Waals surface area contributed by atoms with Crippen molar-refractivity contribution in [3.8, 4) is 0 Å². The molecule has 1 heterocycles. The number of nitrogens with one attached hydrogen (secondary N) is 1. The molecule has 2 nitrogen and oxygen atoms in total. The molecule has 1 N–H and O–H groups in total. The van der Waals surface area contributed by atoms with E-state index >= 15 is 0 Å². The molecule has 2 atom stereocenters. The summed E-state index contributed by atoms with van der Waals surface area (Å²) in [5.41, 5.74) is 1.15. The van der Waals surface area contributed by atoms with E-state index in [0.29, 0.717) is 6.04 Å². The van der Waals surface area contributed by atoms with Gasteiger partial charge < -0.3 is 5.32 Å². The van der Waals surface area contributed by atoms with Crippen LogP contribution < -0.4 is 5.32 Å². The van der Waals surface area contributed by atoms with Crippen LogP contribution in [-0.2, 0) is 0 Å². The van der Waals surface area contributed by atoms with Crippen molar-refractivity contribution in [3.05, 3.63) is 30.1 Å². The number of hydrogen-bond donors (Lipinski definition) is 1. The van der Waals surface area contributed by atoms with Crippen molar-refractivity contribution < 1.29 is 0 Å². The molecule has 14 heavy (non-hydrogen) atoms. The quantitative estimate of drug-likeness (QED) is 0.776. The van der Waals surface area contributed by atoms with Gasteiger partial charge in [0.15, 0.2) is 0 Å². The molecular formula is C12H20N2. The highest BCUT2D eigenvalue weighted by Crippen LogP contribution is 2.20. The van der Waals surface area contributed by atoms with Gasteiger partial charge in [-0.3, -0.25) is 4.98 Å². The van der Waals surface area contributed by atoms with Gasteiger partial charge in [0.25, 0.3) is 0 Å². The number of pyridine rings is 1. The third kappa shape index (κ3) is 3.11. The Kier molecular flexibility index (Phi) is 4.60. The lowest BCUT2D eigenvalue weighted by Crippen LogP contribution is -2.19. The Morgan fingerprint density at radius 3 is 2.71 bits per heavy atom. The lowest BCUT2D eigenvalue weighted by Gasteiger charge is -2.18. The summed E-state index contributed by atoms with van der Waals surface area (Å²) in [5, 5.41) is 3.32. The first kappa shape index (κ1) is 11.2. The standard InChI is InChI=1S/C12H20N2/c1-4-10(2)9-12(13-3)11-7-5-6-8-14-11/h5-8,10,12-13H,4,9H2,1-3H3. The molecule has 1 aromatic rings. The van der Waals surface area contributed by atoms with E-state index < -0.39 is 0 Å². The molecule has 0 aliphatic heterocycles. The Morgan fingerprint density at radius 1 is 1.43 bits per heavy atom. The molecule has 0 spiro atoms. The maximum Gasteiger partial charge on any atom is 0.0573 e. The zero-order chi connectivity index (χ0) is 10.4. The predicted octanol–water partition coefficient (Wildman–Crippen LogP) is 2.78. The van der Waals surface area contributed by atoms with Crippen LogP contribution in [-0.4, -0.2) is 12.0 Å². The van der Waals surface area contributed by atoms with E-state index in [4.69, 9.17) is 0 Å². The minimum absolute atomic E-state index is 0.395. The minimum atomic E-state index is 0.395. The monoisotopic (exact) mass is 192 g/mol. The number of aromatic nitrogens is 1. The van der Waals surface area contributed by atoms with Gasteiger partial charge in [-0.1, -0.05) is 26.3 Å². The first-order valence-electron chi connectivity index (χ1n) is 5.36. The van der Waals surface area contributed by atoms with Gasteiger partial charge in [0, 0.05) is 12.2 Å². The maximum absolute atomic E-state index is 4.37. The molecule has 0 saturated carbocycles. The highest BCUT2D eigenvalue weighted by Gasteiger charge is 2.12. The average Bonchev–Trinajstić information content (AvgIpc) is 2.26. The van der Waals surface area contributed by atoms with Crippen LogP contribution in [0, 0.1) is 5.92 Å². The fourth-order valence-electron chi connectivity index (χ4n) is 1.54. The van der Waals surface area contributed by atoms with Crippen LogP contribution >= 0.6 is 0 Å². The molecule has 2 unspecified atom stereocenters. The minimum Gasteiger partial charge on any atom is -0.312 e. The van der Waals surface area contributed by atoms with Crippen molar-refractivity contribution in [2.24, 2.45) is 5.92 Å². The highest BCUT2D eigenvalue weighted by atomic mass is 14.9. The van der Waals surface area contributed by atoms with Crippen LogP contribution in [0.3, 0.4) is 0 Å². The third-order valence-electron chi connectivity index (χ3n) is 2.73. The summed E-state index contributed by atoms with van der Waals surface area (Å²) in [6.07, 6.45) is 4.24. The first-order chi connectivity index (χ1) is 6.77. The first-order valence-corrected chi connectivity index (χ1v) is 5.36. The molecular weight excluding hydrogens is 172 g/mol. The molecule has 0 bridgehead atoms. The van der Waals surface area contributed by atoms with Crippen molar-refractivity contribution in [1.29, 1.82) is 0 Å². The fraction of sp³-hybridized carbons (Fsp3) is 0.583. The van der Waals surface area contributed by atoms with E-state index in [1.165, 1.54) is 6.42 Å². The zero-order valence-corrected chi connectivity index (χ0v) is 9.33. The molecule has 1 rings (SSSR count). The molecule has 0 radical (unpaired) electrons. The van der Waals surface area contributed by atoms with Crippen LogP contribution in [0.5, 0.6) is 0 Å². The highest BCUT2D eigenvalue weighted by molar-refractivity contribution is 5.08. The van der Waals surface area contributed by atoms with Gasteiger partial charge >= 0.3 is 0 Å². The van der Waals surface area contributed by atoms with Gasteiger partial charge in [0.1, 0.15) is 0 Å². The SMILES string of the molecule is CCC(C)CC(NC)c1ccccn1. The second kappa shape index (κ2) is 5.76. The van der Waals surface area contributed by atoms with Crippen molar-refractivity contribution in [2.75, 3.05) is 7.05 Å². The Bertz CT molecular complexity index is 246. The second-order valence-corrected chi connectivity index (χ2v) is 3.84. The van der Waals surface area contributed by atoms with Crippen molar-refractivity contribution >= 4 is 0 Å². The molecule has 0 amide bonds. The van der Waals surface area contributed by atoms with E-state index in [1.54, 1.807) is 0 Å². The predicted molar refractivity (Wildman–Crippen MR) is 60.1 cm³/mol. The smallest absolute Gasteiger partial charge is 0.0573 e. The average molecular weight is 192 g/mol. The molecule has 0 fully saturated rings. The molecule has 0 aliphatic carbocycles. The Morgan fingerprint density at radius 2 is 2.21 bits per heavy atom. The number of rotatable bonds is 5. The largest absolute Gasteiger partial charge is 0.312 e. The molecule has 1 aromatic heterocycles. The van der Waals surface area contributed by atoms with Gasteiger partial charge in [0.05, 0.1) is 5.69 Å².